The van der Waals surface area contributed by atoms with Gasteiger partial charge in [0.25, 0.3) is 0 Å². The second-order valence-corrected chi connectivity index (χ2v) is 9.00. The van der Waals surface area contributed by atoms with Gasteiger partial charge in [-0.3, -0.25) is 4.79 Å². The molecule has 108 valence electrons. The van der Waals surface area contributed by atoms with Crippen molar-refractivity contribution in [3.63, 3.8) is 0 Å². The predicted molar refractivity (Wildman–Crippen MR) is 73.2 cm³/mol. The molecule has 1 saturated heterocycles. The maximum Gasteiger partial charge on any atom is 0.215 e. The number of fused-ring (bicyclic) bond motifs is 2. The number of rotatable bonds is 3. The first kappa shape index (κ1) is 13.6. The van der Waals surface area contributed by atoms with Crippen molar-refractivity contribution < 1.29 is 13.2 Å². The molecule has 2 atom stereocenters. The molecule has 3 aliphatic rings. The van der Waals surface area contributed by atoms with Crippen LogP contribution >= 0.6 is 0 Å². The van der Waals surface area contributed by atoms with E-state index in [9.17, 15) is 13.2 Å². The highest BCUT2D eigenvalue weighted by molar-refractivity contribution is 7.89. The van der Waals surface area contributed by atoms with E-state index in [4.69, 9.17) is 0 Å². The topological polar surface area (TPSA) is 54.5 Å². The van der Waals surface area contributed by atoms with Crippen molar-refractivity contribution in [3.05, 3.63) is 0 Å². The van der Waals surface area contributed by atoms with E-state index in [0.29, 0.717) is 25.4 Å². The lowest BCUT2D eigenvalue weighted by atomic mass is 9.70. The molecule has 4 nitrogen and oxygen atoms in total. The minimum Gasteiger partial charge on any atom is -0.299 e. The molecule has 19 heavy (non-hydrogen) atoms. The molecular formula is C14H23NO3S. The van der Waals surface area contributed by atoms with Gasteiger partial charge in [0.15, 0.2) is 0 Å². The summed E-state index contributed by atoms with van der Waals surface area (Å²) in [6.07, 6.45) is 4.26. The Kier molecular flexibility index (Phi) is 2.88. The van der Waals surface area contributed by atoms with Crippen LogP contribution in [0.5, 0.6) is 0 Å². The zero-order valence-electron chi connectivity index (χ0n) is 11.8. The van der Waals surface area contributed by atoms with E-state index in [0.717, 1.165) is 25.7 Å². The summed E-state index contributed by atoms with van der Waals surface area (Å²) >= 11 is 0. The maximum atomic E-state index is 12.6. The second-order valence-electron chi connectivity index (χ2n) is 7.03. The minimum absolute atomic E-state index is 0.0440. The van der Waals surface area contributed by atoms with E-state index >= 15 is 0 Å². The van der Waals surface area contributed by atoms with Gasteiger partial charge in [0.2, 0.25) is 10.0 Å². The Morgan fingerprint density at radius 2 is 1.89 bits per heavy atom. The molecule has 0 N–H and O–H groups in total. The standard InChI is InChI=1S/C14H23NO3S/c1-13(2)11-5-6-14(13,12(16)9-11)10-19(17,18)15-7-3-4-8-15/h11H,3-10H2,1-2H3/t11-,14-/m0/s1. The smallest absolute Gasteiger partial charge is 0.215 e. The Bertz CT molecular complexity index is 505. The van der Waals surface area contributed by atoms with E-state index in [1.807, 2.05) is 0 Å². The Morgan fingerprint density at radius 1 is 1.26 bits per heavy atom. The lowest BCUT2D eigenvalue weighted by molar-refractivity contribution is -0.128. The number of carbonyl (C=O) groups is 1. The molecule has 1 aliphatic heterocycles. The van der Waals surface area contributed by atoms with Gasteiger partial charge in [-0.15, -0.1) is 0 Å². The highest BCUT2D eigenvalue weighted by Crippen LogP contribution is 2.64. The fraction of sp³-hybridized carbons (Fsp3) is 0.929. The van der Waals surface area contributed by atoms with E-state index in [-0.39, 0.29) is 17.0 Å². The molecule has 0 amide bonds. The van der Waals surface area contributed by atoms with Gasteiger partial charge in [-0.1, -0.05) is 13.8 Å². The van der Waals surface area contributed by atoms with Gasteiger partial charge in [-0.05, 0) is 37.0 Å². The van der Waals surface area contributed by atoms with Crippen LogP contribution in [0.2, 0.25) is 0 Å². The molecule has 2 saturated carbocycles. The second kappa shape index (κ2) is 4.04. The number of hydrogen-bond donors (Lipinski definition) is 0. The van der Waals surface area contributed by atoms with Crippen LogP contribution in [-0.4, -0.2) is 37.3 Å². The van der Waals surface area contributed by atoms with Crippen molar-refractivity contribution in [2.24, 2.45) is 16.7 Å². The number of nitrogens with zero attached hydrogens (tertiary/aromatic N) is 1. The van der Waals surface area contributed by atoms with E-state index in [2.05, 4.69) is 13.8 Å². The summed E-state index contributed by atoms with van der Waals surface area (Å²) in [5, 5.41) is 0. The van der Waals surface area contributed by atoms with Crippen molar-refractivity contribution >= 4 is 15.8 Å². The maximum absolute atomic E-state index is 12.6. The number of carbonyl (C=O) groups excluding carboxylic acids is 1. The normalized spacial score (nSPS) is 38.2. The van der Waals surface area contributed by atoms with Gasteiger partial charge in [0, 0.05) is 24.9 Å². The van der Waals surface area contributed by atoms with Crippen LogP contribution in [0.25, 0.3) is 0 Å². The van der Waals surface area contributed by atoms with E-state index in [1.165, 1.54) is 0 Å². The number of ketones is 1. The molecule has 3 fully saturated rings. The van der Waals surface area contributed by atoms with Crippen molar-refractivity contribution in [2.45, 2.75) is 46.0 Å². The lowest BCUT2D eigenvalue weighted by Crippen LogP contribution is -2.46. The van der Waals surface area contributed by atoms with Gasteiger partial charge in [0.05, 0.1) is 5.75 Å². The average Bonchev–Trinajstić information content (AvgIpc) is 2.95. The third kappa shape index (κ3) is 1.74. The summed E-state index contributed by atoms with van der Waals surface area (Å²) in [6.45, 7) is 5.46. The van der Waals surface area contributed by atoms with Crippen LogP contribution < -0.4 is 0 Å². The van der Waals surface area contributed by atoms with Crippen molar-refractivity contribution in [2.75, 3.05) is 18.8 Å². The molecule has 0 spiro atoms. The first-order chi connectivity index (χ1) is 8.80. The van der Waals surface area contributed by atoms with Gasteiger partial charge in [-0.2, -0.15) is 0 Å². The highest BCUT2D eigenvalue weighted by Gasteiger charge is 2.65. The molecule has 0 unspecified atom stereocenters. The molecular weight excluding hydrogens is 262 g/mol. The van der Waals surface area contributed by atoms with Gasteiger partial charge in [-0.25, -0.2) is 12.7 Å². The summed E-state index contributed by atoms with van der Waals surface area (Å²) in [5.74, 6) is 0.618. The summed E-state index contributed by atoms with van der Waals surface area (Å²) in [6, 6.07) is 0. The van der Waals surface area contributed by atoms with Gasteiger partial charge < -0.3 is 0 Å². The number of Topliss-reactive ketones (excluding diaryl/α,β-unsaturated/α-hetero) is 1. The zero-order valence-corrected chi connectivity index (χ0v) is 12.6. The summed E-state index contributed by atoms with van der Waals surface area (Å²) in [5.41, 5.74) is -0.768. The Morgan fingerprint density at radius 3 is 2.37 bits per heavy atom. The highest BCUT2D eigenvalue weighted by atomic mass is 32.2. The molecule has 0 radical (unpaired) electrons. The molecule has 0 aromatic carbocycles. The molecule has 5 heteroatoms. The SMILES string of the molecule is CC1(C)[C@H]2CC[C@]1(CS(=O)(=O)N1CCCC1)C(=O)C2. The van der Waals surface area contributed by atoms with Crippen molar-refractivity contribution in [1.29, 1.82) is 0 Å². The van der Waals surface area contributed by atoms with Crippen LogP contribution in [0.4, 0.5) is 0 Å². The molecule has 2 bridgehead atoms. The van der Waals surface area contributed by atoms with Crippen LogP contribution in [0.1, 0.15) is 46.0 Å². The average molecular weight is 285 g/mol. The zero-order chi connectivity index (χ0) is 13.9. The van der Waals surface area contributed by atoms with Gasteiger partial charge >= 0.3 is 0 Å². The van der Waals surface area contributed by atoms with Crippen LogP contribution in [-0.2, 0) is 14.8 Å². The molecule has 0 aromatic heterocycles. The Balaban J connectivity index is 1.91. The third-order valence-corrected chi connectivity index (χ3v) is 8.04. The van der Waals surface area contributed by atoms with E-state index < -0.39 is 15.4 Å². The van der Waals surface area contributed by atoms with E-state index in [1.54, 1.807) is 4.31 Å². The molecule has 3 rings (SSSR count). The van der Waals surface area contributed by atoms with Crippen LogP contribution in [0.15, 0.2) is 0 Å². The quantitative estimate of drug-likeness (QED) is 0.794. The number of sulfonamides is 1. The van der Waals surface area contributed by atoms with Crippen LogP contribution in [0.3, 0.4) is 0 Å². The first-order valence-corrected chi connectivity index (χ1v) is 8.92. The predicted octanol–water partition coefficient (Wildman–Crippen LogP) is 1.81. The first-order valence-electron chi connectivity index (χ1n) is 7.31. The number of hydrogen-bond acceptors (Lipinski definition) is 3. The monoisotopic (exact) mass is 285 g/mol. The van der Waals surface area contributed by atoms with Crippen molar-refractivity contribution in [3.8, 4) is 0 Å². The lowest BCUT2D eigenvalue weighted by Gasteiger charge is -2.37. The van der Waals surface area contributed by atoms with Crippen LogP contribution in [0, 0.1) is 16.7 Å². The molecule has 2 aliphatic carbocycles. The molecule has 0 aromatic rings. The largest absolute Gasteiger partial charge is 0.299 e. The van der Waals surface area contributed by atoms with Gasteiger partial charge in [0.1, 0.15) is 5.78 Å². The minimum atomic E-state index is -3.28. The Labute approximate surface area is 115 Å². The summed E-state index contributed by atoms with van der Waals surface area (Å²) in [4.78, 5) is 12.4. The third-order valence-electron chi connectivity index (χ3n) is 6.03. The summed E-state index contributed by atoms with van der Waals surface area (Å²) in [7, 11) is -3.28. The Hall–Kier alpha value is -0.420. The molecule has 1 heterocycles. The fourth-order valence-corrected chi connectivity index (χ4v) is 6.77. The summed E-state index contributed by atoms with van der Waals surface area (Å²) < 4.78 is 26.8. The van der Waals surface area contributed by atoms with Crippen molar-refractivity contribution in [1.82, 2.24) is 4.31 Å². The fourth-order valence-electron chi connectivity index (χ4n) is 4.48.